The van der Waals surface area contributed by atoms with E-state index in [1.54, 1.807) is 13.8 Å². The fourth-order valence-corrected chi connectivity index (χ4v) is 4.11. The molecule has 0 aromatic rings. The molecule has 0 spiro atoms. The lowest BCUT2D eigenvalue weighted by atomic mass is 9.80. The molecule has 3 aliphatic rings. The number of rotatable bonds is 4. The summed E-state index contributed by atoms with van der Waals surface area (Å²) in [4.78, 5) is 0. The molecule has 0 unspecified atom stereocenters. The van der Waals surface area contributed by atoms with Crippen LogP contribution in [-0.2, 0) is 23.7 Å². The Morgan fingerprint density at radius 2 is 1.64 bits per heavy atom. The molecule has 0 aromatic carbocycles. The van der Waals surface area contributed by atoms with Gasteiger partial charge in [-0.3, -0.25) is 0 Å². The number of aliphatic hydroxyl groups excluding tert-OH is 4. The molecule has 3 aliphatic heterocycles. The van der Waals surface area contributed by atoms with Crippen molar-refractivity contribution in [2.24, 2.45) is 5.92 Å². The van der Waals surface area contributed by atoms with Crippen molar-refractivity contribution in [2.75, 3.05) is 20.3 Å². The van der Waals surface area contributed by atoms with Crippen LogP contribution in [0.1, 0.15) is 20.3 Å². The molecule has 0 saturated carbocycles. The molecule has 3 fully saturated rings. The average molecular weight is 364 g/mol. The Morgan fingerprint density at radius 3 is 2.24 bits per heavy atom. The van der Waals surface area contributed by atoms with Gasteiger partial charge in [-0.15, -0.1) is 0 Å². The maximum Gasteiger partial charge on any atom is 0.186 e. The van der Waals surface area contributed by atoms with Crippen LogP contribution in [0.15, 0.2) is 0 Å². The predicted molar refractivity (Wildman–Crippen MR) is 82.4 cm³/mol. The highest BCUT2D eigenvalue weighted by molar-refractivity contribution is 5.00. The van der Waals surface area contributed by atoms with Crippen molar-refractivity contribution in [1.29, 1.82) is 0 Å². The number of ether oxygens (including phenoxy) is 5. The van der Waals surface area contributed by atoms with E-state index in [2.05, 4.69) is 0 Å². The monoisotopic (exact) mass is 364 g/mol. The van der Waals surface area contributed by atoms with Crippen LogP contribution in [0.3, 0.4) is 0 Å². The highest BCUT2D eigenvalue weighted by atomic mass is 16.8. The molecule has 0 aromatic heterocycles. The zero-order valence-corrected chi connectivity index (χ0v) is 14.6. The Morgan fingerprint density at radius 1 is 0.960 bits per heavy atom. The van der Waals surface area contributed by atoms with Crippen LogP contribution in [0.5, 0.6) is 0 Å². The Hall–Kier alpha value is -0.360. The fourth-order valence-electron chi connectivity index (χ4n) is 4.11. The minimum Gasteiger partial charge on any atom is -0.394 e. The zero-order chi connectivity index (χ0) is 18.4. The van der Waals surface area contributed by atoms with Gasteiger partial charge < -0.3 is 44.1 Å². The second kappa shape index (κ2) is 7.34. The van der Waals surface area contributed by atoms with Crippen LogP contribution in [0.25, 0.3) is 0 Å². The lowest BCUT2D eigenvalue weighted by molar-refractivity contribution is -0.304. The molecule has 9 nitrogen and oxygen atoms in total. The molecule has 0 bridgehead atoms. The first-order chi connectivity index (χ1) is 11.8. The number of aliphatic hydroxyl groups is 4. The van der Waals surface area contributed by atoms with Crippen molar-refractivity contribution in [3.05, 3.63) is 0 Å². The summed E-state index contributed by atoms with van der Waals surface area (Å²) >= 11 is 0. The molecule has 3 heterocycles. The summed E-state index contributed by atoms with van der Waals surface area (Å²) in [7, 11) is 1.35. The van der Waals surface area contributed by atoms with Gasteiger partial charge >= 0.3 is 0 Å². The standard InChI is InChI=1S/C16H28O9/c1-16(2)24-8-4-7(22-10(6-18)14(8)25-16)11-9(5-17)23-15(21-3)13(20)12(11)19/h7-15,17-20H,4-6H2,1-3H3/t7-,8-,9-,10-,11-,12+,13-,14+,15+/m1/s1. The maximum atomic E-state index is 10.6. The van der Waals surface area contributed by atoms with Crippen LogP contribution < -0.4 is 0 Å². The highest BCUT2D eigenvalue weighted by Crippen LogP contribution is 2.41. The highest BCUT2D eigenvalue weighted by Gasteiger charge is 2.55. The molecule has 146 valence electrons. The third-order valence-corrected chi connectivity index (χ3v) is 5.18. The van der Waals surface area contributed by atoms with E-state index in [4.69, 9.17) is 23.7 Å². The van der Waals surface area contributed by atoms with Crippen LogP contribution in [0, 0.1) is 5.92 Å². The molecule has 3 rings (SSSR count). The van der Waals surface area contributed by atoms with E-state index in [-0.39, 0.29) is 19.3 Å². The summed E-state index contributed by atoms with van der Waals surface area (Å²) < 4.78 is 28.2. The Kier molecular flexibility index (Phi) is 5.69. The Balaban J connectivity index is 1.80. The van der Waals surface area contributed by atoms with Gasteiger partial charge in [0, 0.05) is 19.4 Å². The van der Waals surface area contributed by atoms with Gasteiger partial charge in [-0.05, 0) is 13.8 Å². The largest absolute Gasteiger partial charge is 0.394 e. The molecular weight excluding hydrogens is 336 g/mol. The predicted octanol–water partition coefficient (Wildman–Crippen LogP) is -1.64. The van der Waals surface area contributed by atoms with Crippen molar-refractivity contribution in [3.8, 4) is 0 Å². The minimum absolute atomic E-state index is 0.270. The first-order valence-corrected chi connectivity index (χ1v) is 8.58. The zero-order valence-electron chi connectivity index (χ0n) is 14.6. The second-order valence-electron chi connectivity index (χ2n) is 7.29. The molecule has 25 heavy (non-hydrogen) atoms. The van der Waals surface area contributed by atoms with E-state index >= 15 is 0 Å². The van der Waals surface area contributed by atoms with Gasteiger partial charge in [0.25, 0.3) is 0 Å². The van der Waals surface area contributed by atoms with Gasteiger partial charge in [-0.25, -0.2) is 0 Å². The van der Waals surface area contributed by atoms with E-state index in [1.807, 2.05) is 0 Å². The van der Waals surface area contributed by atoms with Gasteiger partial charge in [0.15, 0.2) is 12.1 Å². The van der Waals surface area contributed by atoms with E-state index in [1.165, 1.54) is 7.11 Å². The third-order valence-electron chi connectivity index (χ3n) is 5.18. The van der Waals surface area contributed by atoms with Crippen molar-refractivity contribution >= 4 is 0 Å². The summed E-state index contributed by atoms with van der Waals surface area (Å²) in [5.74, 6) is -1.49. The molecule has 3 saturated heterocycles. The second-order valence-corrected chi connectivity index (χ2v) is 7.29. The van der Waals surface area contributed by atoms with E-state index in [0.29, 0.717) is 6.42 Å². The molecule has 0 radical (unpaired) electrons. The molecule has 4 N–H and O–H groups in total. The van der Waals surface area contributed by atoms with Gasteiger partial charge in [-0.1, -0.05) is 0 Å². The number of hydrogen-bond donors (Lipinski definition) is 4. The fraction of sp³-hybridized carbons (Fsp3) is 1.00. The summed E-state index contributed by atoms with van der Waals surface area (Å²) in [5, 5.41) is 40.1. The van der Waals surface area contributed by atoms with E-state index in [0.717, 1.165) is 0 Å². The lowest BCUT2D eigenvalue weighted by Gasteiger charge is -2.47. The van der Waals surface area contributed by atoms with Crippen LogP contribution in [0.2, 0.25) is 0 Å². The summed E-state index contributed by atoms with van der Waals surface area (Å²) in [5.41, 5.74) is 0. The van der Waals surface area contributed by atoms with Gasteiger partial charge in [0.05, 0.1) is 37.6 Å². The van der Waals surface area contributed by atoms with Crippen LogP contribution in [0.4, 0.5) is 0 Å². The lowest BCUT2D eigenvalue weighted by Crippen LogP contribution is -2.62. The summed E-state index contributed by atoms with van der Waals surface area (Å²) in [6.45, 7) is 2.94. The molecular formula is C16H28O9. The number of methoxy groups -OCH3 is 1. The minimum atomic E-state index is -1.27. The van der Waals surface area contributed by atoms with E-state index < -0.39 is 54.6 Å². The molecule has 0 aliphatic carbocycles. The molecule has 0 amide bonds. The normalized spacial score (nSPS) is 49.8. The average Bonchev–Trinajstić information content (AvgIpc) is 2.89. The van der Waals surface area contributed by atoms with E-state index in [9.17, 15) is 20.4 Å². The maximum absolute atomic E-state index is 10.6. The van der Waals surface area contributed by atoms with Crippen molar-refractivity contribution < 1.29 is 44.1 Å². The van der Waals surface area contributed by atoms with Gasteiger partial charge in [-0.2, -0.15) is 0 Å². The first kappa shape index (κ1) is 19.4. The summed E-state index contributed by atoms with van der Waals surface area (Å²) in [6, 6.07) is 0. The summed E-state index contributed by atoms with van der Waals surface area (Å²) in [6.07, 6.45) is -5.87. The third kappa shape index (κ3) is 3.58. The first-order valence-electron chi connectivity index (χ1n) is 8.58. The Bertz CT molecular complexity index is 457. The Labute approximate surface area is 146 Å². The van der Waals surface area contributed by atoms with Gasteiger partial charge in [0.2, 0.25) is 0 Å². The quantitative estimate of drug-likeness (QED) is 0.464. The molecule has 9 atom stereocenters. The smallest absolute Gasteiger partial charge is 0.186 e. The van der Waals surface area contributed by atoms with Crippen molar-refractivity contribution in [2.45, 2.75) is 75.1 Å². The van der Waals surface area contributed by atoms with Gasteiger partial charge in [0.1, 0.15) is 18.3 Å². The van der Waals surface area contributed by atoms with Crippen molar-refractivity contribution in [3.63, 3.8) is 0 Å². The van der Waals surface area contributed by atoms with Crippen LogP contribution in [-0.4, -0.2) is 95.6 Å². The SMILES string of the molecule is CO[C@H]1O[C@H](CO)[C@@H]([C@H]2C[C@H]3OC(C)(C)O[C@@H]3[C@@H](CO)O2)[C@H](O)[C@H]1O. The van der Waals surface area contributed by atoms with Crippen LogP contribution >= 0.6 is 0 Å². The number of hydrogen-bond acceptors (Lipinski definition) is 9. The number of fused-ring (bicyclic) bond motifs is 1. The van der Waals surface area contributed by atoms with Crippen molar-refractivity contribution in [1.82, 2.24) is 0 Å². The molecule has 9 heteroatoms. The topological polar surface area (TPSA) is 127 Å².